The minimum absolute atomic E-state index is 0.452. The molecule has 3 nitrogen and oxygen atoms in total. The zero-order valence-corrected chi connectivity index (χ0v) is 11.5. The zero-order valence-electron chi connectivity index (χ0n) is 11.5. The van der Waals surface area contributed by atoms with Crippen molar-refractivity contribution in [2.75, 3.05) is 5.73 Å². The van der Waals surface area contributed by atoms with Gasteiger partial charge in [0.15, 0.2) is 0 Å². The van der Waals surface area contributed by atoms with Gasteiger partial charge in [-0.2, -0.15) is 5.10 Å². The van der Waals surface area contributed by atoms with E-state index < -0.39 is 0 Å². The molecule has 1 aromatic rings. The highest BCUT2D eigenvalue weighted by Gasteiger charge is 2.31. The van der Waals surface area contributed by atoms with Crippen LogP contribution in [0.25, 0.3) is 0 Å². The minimum atomic E-state index is 0.452. The molecule has 0 spiro atoms. The van der Waals surface area contributed by atoms with Gasteiger partial charge in [0.1, 0.15) is 5.82 Å². The van der Waals surface area contributed by atoms with Crippen LogP contribution in [0.5, 0.6) is 0 Å². The molecule has 2 rings (SSSR count). The number of nitrogens with zero attached hydrogens (tertiary/aromatic N) is 2. The van der Waals surface area contributed by atoms with Crippen LogP contribution in [0.15, 0.2) is 6.07 Å². The molecule has 17 heavy (non-hydrogen) atoms. The van der Waals surface area contributed by atoms with Gasteiger partial charge >= 0.3 is 0 Å². The summed E-state index contributed by atoms with van der Waals surface area (Å²) in [6.07, 6.45) is 5.17. The lowest BCUT2D eigenvalue weighted by Crippen LogP contribution is -2.25. The van der Waals surface area contributed by atoms with E-state index in [1.165, 1.54) is 31.4 Å². The molecule has 1 heterocycles. The molecule has 1 aromatic heterocycles. The van der Waals surface area contributed by atoms with Crippen LogP contribution in [-0.2, 0) is 7.05 Å². The predicted octanol–water partition coefficient (Wildman–Crippen LogP) is 3.32. The molecule has 1 aliphatic rings. The maximum atomic E-state index is 5.84. The van der Waals surface area contributed by atoms with E-state index in [0.29, 0.717) is 11.3 Å². The average Bonchev–Trinajstić information content (AvgIpc) is 2.58. The number of hydrogen-bond acceptors (Lipinski definition) is 2. The molecule has 0 radical (unpaired) electrons. The smallest absolute Gasteiger partial charge is 0.121 e. The third-order valence-corrected chi connectivity index (χ3v) is 4.31. The van der Waals surface area contributed by atoms with Gasteiger partial charge in [0, 0.05) is 19.0 Å². The monoisotopic (exact) mass is 235 g/mol. The minimum Gasteiger partial charge on any atom is -0.384 e. The van der Waals surface area contributed by atoms with Crippen LogP contribution in [0.1, 0.15) is 58.1 Å². The number of aryl methyl sites for hydroxylation is 1. The van der Waals surface area contributed by atoms with Crippen LogP contribution < -0.4 is 5.73 Å². The standard InChI is InChI=1S/C14H25N3/c1-14(2,3)11-7-5-10(6-8-11)12-9-13(15)17(4)16-12/h9-11H,5-8,15H2,1-4H3. The highest BCUT2D eigenvalue weighted by atomic mass is 15.3. The summed E-state index contributed by atoms with van der Waals surface area (Å²) >= 11 is 0. The highest BCUT2D eigenvalue weighted by Crippen LogP contribution is 2.42. The summed E-state index contributed by atoms with van der Waals surface area (Å²) in [4.78, 5) is 0. The summed E-state index contributed by atoms with van der Waals surface area (Å²) in [5, 5.41) is 4.51. The van der Waals surface area contributed by atoms with Crippen LogP contribution in [0.2, 0.25) is 0 Å². The molecule has 0 amide bonds. The van der Waals surface area contributed by atoms with Gasteiger partial charge in [-0.25, -0.2) is 0 Å². The number of hydrogen-bond donors (Lipinski definition) is 1. The third kappa shape index (κ3) is 2.64. The normalized spacial score (nSPS) is 26.1. The van der Waals surface area contributed by atoms with E-state index in [1.807, 2.05) is 13.1 Å². The first-order valence-electron chi connectivity index (χ1n) is 6.67. The molecule has 1 saturated carbocycles. The predicted molar refractivity (Wildman–Crippen MR) is 71.8 cm³/mol. The molecule has 0 unspecified atom stereocenters. The fourth-order valence-corrected chi connectivity index (χ4v) is 2.96. The Labute approximate surface area is 104 Å². The van der Waals surface area contributed by atoms with E-state index in [4.69, 9.17) is 5.73 Å². The zero-order chi connectivity index (χ0) is 12.6. The third-order valence-electron chi connectivity index (χ3n) is 4.31. The molecular weight excluding hydrogens is 210 g/mol. The highest BCUT2D eigenvalue weighted by molar-refractivity contribution is 5.32. The van der Waals surface area contributed by atoms with Crippen molar-refractivity contribution >= 4 is 5.82 Å². The van der Waals surface area contributed by atoms with E-state index in [9.17, 15) is 0 Å². The number of rotatable bonds is 1. The van der Waals surface area contributed by atoms with Crippen LogP contribution in [0, 0.1) is 11.3 Å². The van der Waals surface area contributed by atoms with Gasteiger partial charge in [-0.15, -0.1) is 0 Å². The van der Waals surface area contributed by atoms with E-state index in [2.05, 4.69) is 25.9 Å². The second-order valence-electron chi connectivity index (χ2n) is 6.53. The van der Waals surface area contributed by atoms with Gasteiger partial charge in [0.2, 0.25) is 0 Å². The number of nitrogen functional groups attached to an aromatic ring is 1. The quantitative estimate of drug-likeness (QED) is 0.811. The van der Waals surface area contributed by atoms with E-state index >= 15 is 0 Å². The van der Waals surface area contributed by atoms with Crippen molar-refractivity contribution in [3.8, 4) is 0 Å². The van der Waals surface area contributed by atoms with Gasteiger partial charge in [0.25, 0.3) is 0 Å². The summed E-state index contributed by atoms with van der Waals surface area (Å²) in [6, 6.07) is 2.04. The summed E-state index contributed by atoms with van der Waals surface area (Å²) in [5.74, 6) is 2.26. The van der Waals surface area contributed by atoms with Gasteiger partial charge in [-0.05, 0) is 37.0 Å². The largest absolute Gasteiger partial charge is 0.384 e. The molecular formula is C14H25N3. The lowest BCUT2D eigenvalue weighted by molar-refractivity contribution is 0.168. The second kappa shape index (κ2) is 4.35. The Kier molecular flexibility index (Phi) is 3.19. The van der Waals surface area contributed by atoms with Crippen molar-refractivity contribution in [1.82, 2.24) is 9.78 Å². The SMILES string of the molecule is Cn1nc(C2CCC(C(C)(C)C)CC2)cc1N. The van der Waals surface area contributed by atoms with E-state index in [0.717, 1.165) is 11.7 Å². The Bertz CT molecular complexity index is 359. The number of nitrogens with two attached hydrogens (primary N) is 1. The van der Waals surface area contributed by atoms with Crippen molar-refractivity contribution in [3.05, 3.63) is 11.8 Å². The van der Waals surface area contributed by atoms with Gasteiger partial charge < -0.3 is 5.73 Å². The van der Waals surface area contributed by atoms with E-state index in [-0.39, 0.29) is 0 Å². The Morgan fingerprint density at radius 1 is 1.24 bits per heavy atom. The van der Waals surface area contributed by atoms with Crippen molar-refractivity contribution < 1.29 is 0 Å². The Hall–Kier alpha value is -0.990. The molecule has 0 aromatic carbocycles. The lowest BCUT2D eigenvalue weighted by Gasteiger charge is -2.36. The van der Waals surface area contributed by atoms with Gasteiger partial charge in [0.05, 0.1) is 5.69 Å². The number of aromatic nitrogens is 2. The molecule has 0 bridgehead atoms. The molecule has 2 N–H and O–H groups in total. The molecule has 0 saturated heterocycles. The van der Waals surface area contributed by atoms with Gasteiger partial charge in [-0.1, -0.05) is 20.8 Å². The summed E-state index contributed by atoms with van der Waals surface area (Å²) in [5.41, 5.74) is 7.49. The first-order valence-corrected chi connectivity index (χ1v) is 6.67. The Morgan fingerprint density at radius 3 is 2.24 bits per heavy atom. The van der Waals surface area contributed by atoms with Crippen molar-refractivity contribution in [1.29, 1.82) is 0 Å². The topological polar surface area (TPSA) is 43.8 Å². The summed E-state index contributed by atoms with van der Waals surface area (Å²) < 4.78 is 1.78. The van der Waals surface area contributed by atoms with Crippen molar-refractivity contribution in [3.63, 3.8) is 0 Å². The first-order chi connectivity index (χ1) is 7.88. The van der Waals surface area contributed by atoms with Crippen LogP contribution in [0.3, 0.4) is 0 Å². The van der Waals surface area contributed by atoms with Gasteiger partial charge in [-0.3, -0.25) is 4.68 Å². The van der Waals surface area contributed by atoms with E-state index in [1.54, 1.807) is 4.68 Å². The molecule has 1 aliphatic carbocycles. The summed E-state index contributed by atoms with van der Waals surface area (Å²) in [6.45, 7) is 7.07. The number of anilines is 1. The maximum Gasteiger partial charge on any atom is 0.121 e. The Balaban J connectivity index is 2.00. The molecule has 0 aliphatic heterocycles. The van der Waals surface area contributed by atoms with Crippen molar-refractivity contribution in [2.45, 2.75) is 52.4 Å². The second-order valence-corrected chi connectivity index (χ2v) is 6.53. The van der Waals surface area contributed by atoms with Crippen molar-refractivity contribution in [2.24, 2.45) is 18.4 Å². The maximum absolute atomic E-state index is 5.84. The molecule has 3 heteroatoms. The first kappa shape index (κ1) is 12.5. The molecule has 0 atom stereocenters. The van der Waals surface area contributed by atoms with Crippen LogP contribution in [0.4, 0.5) is 5.82 Å². The fourth-order valence-electron chi connectivity index (χ4n) is 2.96. The molecule has 96 valence electrons. The van der Waals surface area contributed by atoms with Crippen LogP contribution in [-0.4, -0.2) is 9.78 Å². The summed E-state index contributed by atoms with van der Waals surface area (Å²) in [7, 11) is 1.92. The fraction of sp³-hybridized carbons (Fsp3) is 0.786. The van der Waals surface area contributed by atoms with Crippen LogP contribution >= 0.6 is 0 Å². The lowest BCUT2D eigenvalue weighted by atomic mass is 9.69. The molecule has 1 fully saturated rings. The Morgan fingerprint density at radius 2 is 1.82 bits per heavy atom. The average molecular weight is 235 g/mol.